The standard InChI is InChI=1S/C15H12N2O/c1-11-3-2-4-13(7-11)15-16-8-14-6-5-12(10-18)9-17(14)15/h2-10H,1H3. The number of hydrogen-bond donors (Lipinski definition) is 0. The molecule has 0 saturated heterocycles. The molecule has 0 unspecified atom stereocenters. The molecular weight excluding hydrogens is 224 g/mol. The first-order chi connectivity index (χ1) is 8.78. The summed E-state index contributed by atoms with van der Waals surface area (Å²) in [6.45, 7) is 2.05. The third-order valence-corrected chi connectivity index (χ3v) is 2.96. The maximum absolute atomic E-state index is 10.8. The minimum Gasteiger partial charge on any atom is -0.299 e. The summed E-state index contributed by atoms with van der Waals surface area (Å²) in [5.41, 5.74) is 3.88. The van der Waals surface area contributed by atoms with Gasteiger partial charge in [0, 0.05) is 17.3 Å². The summed E-state index contributed by atoms with van der Waals surface area (Å²) in [4.78, 5) is 15.3. The van der Waals surface area contributed by atoms with Crippen molar-refractivity contribution >= 4 is 11.8 Å². The molecule has 0 fully saturated rings. The van der Waals surface area contributed by atoms with Crippen molar-refractivity contribution < 1.29 is 4.79 Å². The number of rotatable bonds is 2. The second kappa shape index (κ2) is 4.11. The van der Waals surface area contributed by atoms with Gasteiger partial charge in [0.15, 0.2) is 6.29 Å². The van der Waals surface area contributed by atoms with E-state index in [2.05, 4.69) is 24.0 Å². The fourth-order valence-corrected chi connectivity index (χ4v) is 2.07. The quantitative estimate of drug-likeness (QED) is 0.641. The Kier molecular flexibility index (Phi) is 2.45. The van der Waals surface area contributed by atoms with Crippen molar-refractivity contribution in [1.29, 1.82) is 0 Å². The van der Waals surface area contributed by atoms with E-state index in [0.717, 1.165) is 23.2 Å². The summed E-state index contributed by atoms with van der Waals surface area (Å²) >= 11 is 0. The van der Waals surface area contributed by atoms with Crippen molar-refractivity contribution in [2.75, 3.05) is 0 Å². The Hall–Kier alpha value is -2.42. The second-order valence-electron chi connectivity index (χ2n) is 4.33. The van der Waals surface area contributed by atoms with Gasteiger partial charge in [-0.05, 0) is 25.1 Å². The van der Waals surface area contributed by atoms with Gasteiger partial charge in [0.2, 0.25) is 0 Å². The Balaban J connectivity index is 2.26. The lowest BCUT2D eigenvalue weighted by Crippen LogP contribution is -1.92. The molecule has 0 N–H and O–H groups in total. The molecule has 88 valence electrons. The number of pyridine rings is 1. The molecule has 0 atom stereocenters. The van der Waals surface area contributed by atoms with Gasteiger partial charge in [-0.1, -0.05) is 23.8 Å². The minimum absolute atomic E-state index is 0.648. The van der Waals surface area contributed by atoms with E-state index in [1.54, 1.807) is 6.07 Å². The number of nitrogens with zero attached hydrogens (tertiary/aromatic N) is 2. The van der Waals surface area contributed by atoms with Gasteiger partial charge < -0.3 is 0 Å². The van der Waals surface area contributed by atoms with Crippen LogP contribution in [-0.2, 0) is 0 Å². The number of aldehydes is 1. The zero-order valence-corrected chi connectivity index (χ0v) is 10.00. The summed E-state index contributed by atoms with van der Waals surface area (Å²) in [6.07, 6.45) is 4.47. The molecule has 0 bridgehead atoms. The van der Waals surface area contributed by atoms with Gasteiger partial charge >= 0.3 is 0 Å². The monoisotopic (exact) mass is 236 g/mol. The van der Waals surface area contributed by atoms with Gasteiger partial charge in [0.05, 0.1) is 11.7 Å². The highest BCUT2D eigenvalue weighted by atomic mass is 16.1. The molecule has 18 heavy (non-hydrogen) atoms. The van der Waals surface area contributed by atoms with Gasteiger partial charge in [-0.25, -0.2) is 4.98 Å². The number of carbonyl (C=O) groups excluding carboxylic acids is 1. The molecule has 0 radical (unpaired) electrons. The molecular formula is C15H12N2O. The maximum Gasteiger partial charge on any atom is 0.151 e. The van der Waals surface area contributed by atoms with Crippen LogP contribution in [0.2, 0.25) is 0 Å². The molecule has 1 aromatic carbocycles. The zero-order valence-electron chi connectivity index (χ0n) is 10.00. The first-order valence-corrected chi connectivity index (χ1v) is 5.77. The highest BCUT2D eigenvalue weighted by Crippen LogP contribution is 2.21. The molecule has 0 aliphatic carbocycles. The molecule has 0 saturated carbocycles. The summed E-state index contributed by atoms with van der Waals surface area (Å²) in [5, 5.41) is 0. The van der Waals surface area contributed by atoms with E-state index < -0.39 is 0 Å². The Morgan fingerprint density at radius 2 is 2.11 bits per heavy atom. The summed E-state index contributed by atoms with van der Waals surface area (Å²) in [7, 11) is 0. The molecule has 3 heteroatoms. The first-order valence-electron chi connectivity index (χ1n) is 5.77. The van der Waals surface area contributed by atoms with Crippen LogP contribution in [0, 0.1) is 6.92 Å². The van der Waals surface area contributed by atoms with Gasteiger partial charge in [0.25, 0.3) is 0 Å². The van der Waals surface area contributed by atoms with E-state index in [-0.39, 0.29) is 0 Å². The Morgan fingerprint density at radius 1 is 1.22 bits per heavy atom. The van der Waals surface area contributed by atoms with Crippen molar-refractivity contribution in [3.63, 3.8) is 0 Å². The highest BCUT2D eigenvalue weighted by molar-refractivity contribution is 5.76. The zero-order chi connectivity index (χ0) is 12.5. The van der Waals surface area contributed by atoms with Crippen LogP contribution in [0.4, 0.5) is 0 Å². The highest BCUT2D eigenvalue weighted by Gasteiger charge is 2.06. The van der Waals surface area contributed by atoms with E-state index in [9.17, 15) is 4.79 Å². The molecule has 3 rings (SSSR count). The molecule has 0 spiro atoms. The third kappa shape index (κ3) is 1.70. The molecule has 0 amide bonds. The third-order valence-electron chi connectivity index (χ3n) is 2.96. The number of fused-ring (bicyclic) bond motifs is 1. The van der Waals surface area contributed by atoms with E-state index in [1.165, 1.54) is 5.56 Å². The number of benzene rings is 1. The topological polar surface area (TPSA) is 34.4 Å². The van der Waals surface area contributed by atoms with Crippen molar-refractivity contribution in [1.82, 2.24) is 9.38 Å². The average molecular weight is 236 g/mol. The number of carbonyl (C=O) groups is 1. The average Bonchev–Trinajstić information content (AvgIpc) is 2.81. The number of aryl methyl sites for hydroxylation is 1. The van der Waals surface area contributed by atoms with Crippen LogP contribution in [0.15, 0.2) is 48.8 Å². The lowest BCUT2D eigenvalue weighted by molar-refractivity contribution is 0.112. The first kappa shape index (κ1) is 10.7. The SMILES string of the molecule is Cc1cccc(-c2ncc3ccc(C=O)cn23)c1. The van der Waals surface area contributed by atoms with Crippen LogP contribution in [-0.4, -0.2) is 15.7 Å². The van der Waals surface area contributed by atoms with E-state index >= 15 is 0 Å². The summed E-state index contributed by atoms with van der Waals surface area (Å²) in [6, 6.07) is 11.9. The number of hydrogen-bond acceptors (Lipinski definition) is 2. The van der Waals surface area contributed by atoms with Crippen LogP contribution in [0.3, 0.4) is 0 Å². The van der Waals surface area contributed by atoms with Crippen LogP contribution in [0.1, 0.15) is 15.9 Å². The Labute approximate surface area is 105 Å². The van der Waals surface area contributed by atoms with E-state index in [1.807, 2.05) is 35.0 Å². The fourth-order valence-electron chi connectivity index (χ4n) is 2.07. The molecule has 0 aliphatic rings. The molecule has 3 aromatic rings. The Morgan fingerprint density at radius 3 is 2.89 bits per heavy atom. The van der Waals surface area contributed by atoms with Crippen molar-refractivity contribution in [3.05, 3.63) is 59.9 Å². The van der Waals surface area contributed by atoms with Crippen LogP contribution < -0.4 is 0 Å². The number of aromatic nitrogens is 2. The van der Waals surface area contributed by atoms with E-state index in [0.29, 0.717) is 5.56 Å². The normalized spacial score (nSPS) is 10.7. The van der Waals surface area contributed by atoms with Crippen molar-refractivity contribution in [2.24, 2.45) is 0 Å². The van der Waals surface area contributed by atoms with Gasteiger partial charge in [-0.2, -0.15) is 0 Å². The van der Waals surface area contributed by atoms with Crippen molar-refractivity contribution in [3.8, 4) is 11.4 Å². The van der Waals surface area contributed by atoms with Gasteiger partial charge in [-0.15, -0.1) is 0 Å². The maximum atomic E-state index is 10.8. The molecule has 3 nitrogen and oxygen atoms in total. The largest absolute Gasteiger partial charge is 0.299 e. The predicted octanol–water partition coefficient (Wildman–Crippen LogP) is 3.12. The fraction of sp³-hybridized carbons (Fsp3) is 0.0667. The van der Waals surface area contributed by atoms with Crippen LogP contribution in [0.25, 0.3) is 16.9 Å². The van der Waals surface area contributed by atoms with Crippen LogP contribution >= 0.6 is 0 Å². The molecule has 2 heterocycles. The van der Waals surface area contributed by atoms with Crippen LogP contribution in [0.5, 0.6) is 0 Å². The van der Waals surface area contributed by atoms with Crippen molar-refractivity contribution in [2.45, 2.75) is 6.92 Å². The predicted molar refractivity (Wildman–Crippen MR) is 70.8 cm³/mol. The van der Waals surface area contributed by atoms with Gasteiger partial charge in [0.1, 0.15) is 5.82 Å². The van der Waals surface area contributed by atoms with Gasteiger partial charge in [-0.3, -0.25) is 9.20 Å². The second-order valence-corrected chi connectivity index (χ2v) is 4.33. The smallest absolute Gasteiger partial charge is 0.151 e. The Bertz CT molecular complexity index is 728. The lowest BCUT2D eigenvalue weighted by atomic mass is 10.1. The molecule has 0 aliphatic heterocycles. The lowest BCUT2D eigenvalue weighted by Gasteiger charge is -2.03. The summed E-state index contributed by atoms with van der Waals surface area (Å²) < 4.78 is 1.94. The molecule has 2 aromatic heterocycles. The minimum atomic E-state index is 0.648. The number of imidazole rings is 1. The van der Waals surface area contributed by atoms with E-state index in [4.69, 9.17) is 0 Å². The summed E-state index contributed by atoms with van der Waals surface area (Å²) in [5.74, 6) is 0.859.